The van der Waals surface area contributed by atoms with Gasteiger partial charge in [0.1, 0.15) is 0 Å². The molecule has 0 aromatic heterocycles. The van der Waals surface area contributed by atoms with Gasteiger partial charge in [0.05, 0.1) is 5.54 Å². The highest BCUT2D eigenvalue weighted by molar-refractivity contribution is 7.38. The number of oxime groups is 1. The van der Waals surface area contributed by atoms with Crippen molar-refractivity contribution in [3.8, 4) is 0 Å². The lowest BCUT2D eigenvalue weighted by atomic mass is 9.97. The standard InChI is InChI=1S/C6H13N2O3P/c1-2-6(7,3-4-8-9)5-12(10)11/h4H,2-3,5,7H2,1H3,(H-,9,10,11)/p+1. The number of hydrogen-bond acceptors (Lipinski definition) is 4. The van der Waals surface area contributed by atoms with Gasteiger partial charge < -0.3 is 10.9 Å². The molecule has 0 saturated heterocycles. The summed E-state index contributed by atoms with van der Waals surface area (Å²) in [6, 6.07) is 0. The molecule has 0 amide bonds. The Morgan fingerprint density at radius 2 is 2.33 bits per heavy atom. The second-order valence-electron chi connectivity index (χ2n) is 2.73. The largest absolute Gasteiger partial charge is 0.507 e. The van der Waals surface area contributed by atoms with E-state index in [0.717, 1.165) is 0 Å². The van der Waals surface area contributed by atoms with Crippen molar-refractivity contribution in [2.24, 2.45) is 10.9 Å². The summed E-state index contributed by atoms with van der Waals surface area (Å²) >= 11 is 0. The fraction of sp³-hybridized carbons (Fsp3) is 0.833. The topological polar surface area (TPSA) is 95.9 Å². The Labute approximate surface area is 72.1 Å². The minimum absolute atomic E-state index is 0.0326. The average Bonchev–Trinajstić information content (AvgIpc) is 2.00. The molecule has 4 N–H and O–H groups in total. The quantitative estimate of drug-likeness (QED) is 0.259. The summed E-state index contributed by atoms with van der Waals surface area (Å²) in [6.07, 6.45) is 2.15. The molecule has 0 aromatic carbocycles. The predicted octanol–water partition coefficient (Wildman–Crippen LogP) is 0.679. The average molecular weight is 193 g/mol. The Morgan fingerprint density at radius 1 is 1.75 bits per heavy atom. The Morgan fingerprint density at radius 3 is 2.67 bits per heavy atom. The van der Waals surface area contributed by atoms with Gasteiger partial charge in [-0.1, -0.05) is 6.92 Å². The van der Waals surface area contributed by atoms with Crippen LogP contribution in [0.1, 0.15) is 19.8 Å². The lowest BCUT2D eigenvalue weighted by Crippen LogP contribution is -2.42. The van der Waals surface area contributed by atoms with E-state index in [-0.39, 0.29) is 6.16 Å². The molecule has 0 aliphatic carbocycles. The van der Waals surface area contributed by atoms with Crippen LogP contribution >= 0.6 is 8.03 Å². The van der Waals surface area contributed by atoms with Crippen molar-refractivity contribution in [3.63, 3.8) is 0 Å². The Kier molecular flexibility index (Phi) is 4.97. The van der Waals surface area contributed by atoms with Crippen molar-refractivity contribution in [2.75, 3.05) is 6.16 Å². The van der Waals surface area contributed by atoms with Crippen molar-refractivity contribution >= 4 is 14.2 Å². The molecule has 2 unspecified atom stereocenters. The summed E-state index contributed by atoms with van der Waals surface area (Å²) < 4.78 is 10.5. The molecule has 5 nitrogen and oxygen atoms in total. The van der Waals surface area contributed by atoms with Gasteiger partial charge in [0.15, 0.2) is 6.16 Å². The van der Waals surface area contributed by atoms with E-state index in [4.69, 9.17) is 15.8 Å². The molecule has 0 spiro atoms. The van der Waals surface area contributed by atoms with Crippen LogP contribution in [0.4, 0.5) is 0 Å². The van der Waals surface area contributed by atoms with Crippen molar-refractivity contribution in [3.05, 3.63) is 0 Å². The number of nitrogens with zero attached hydrogens (tertiary/aromatic N) is 1. The second kappa shape index (κ2) is 5.19. The maximum atomic E-state index is 10.5. The monoisotopic (exact) mass is 193 g/mol. The molecule has 2 atom stereocenters. The van der Waals surface area contributed by atoms with Crippen molar-refractivity contribution in [1.82, 2.24) is 0 Å². The highest BCUT2D eigenvalue weighted by Gasteiger charge is 2.31. The molecule has 0 aliphatic rings. The fourth-order valence-corrected chi connectivity index (χ4v) is 1.70. The maximum Gasteiger partial charge on any atom is 0.507 e. The highest BCUT2D eigenvalue weighted by atomic mass is 31.1. The van der Waals surface area contributed by atoms with E-state index in [2.05, 4.69) is 5.16 Å². The molecule has 0 aliphatic heterocycles. The summed E-state index contributed by atoms with van der Waals surface area (Å²) in [4.78, 5) is 8.64. The summed E-state index contributed by atoms with van der Waals surface area (Å²) in [7, 11) is -2.23. The lowest BCUT2D eigenvalue weighted by Gasteiger charge is -2.19. The SMILES string of the molecule is CCC(N)(CC=NO)C[P+](=O)O. The fourth-order valence-electron chi connectivity index (χ4n) is 0.813. The van der Waals surface area contributed by atoms with Crippen LogP contribution in [0.2, 0.25) is 0 Å². The lowest BCUT2D eigenvalue weighted by molar-refractivity contribution is 0.318. The first-order valence-corrected chi connectivity index (χ1v) is 5.02. The normalized spacial score (nSPS) is 17.8. The van der Waals surface area contributed by atoms with E-state index in [1.54, 1.807) is 0 Å². The molecule has 0 aromatic rings. The number of hydrogen-bond donors (Lipinski definition) is 3. The third-order valence-electron chi connectivity index (χ3n) is 1.73. The van der Waals surface area contributed by atoms with E-state index < -0.39 is 13.6 Å². The van der Waals surface area contributed by atoms with Crippen LogP contribution in [-0.4, -0.2) is 28.0 Å². The summed E-state index contributed by atoms with van der Waals surface area (Å²) in [5, 5.41) is 10.9. The molecular weight excluding hydrogens is 179 g/mol. The molecule has 0 saturated carbocycles. The Hall–Kier alpha value is -0.510. The van der Waals surface area contributed by atoms with Gasteiger partial charge >= 0.3 is 8.03 Å². The summed E-state index contributed by atoms with van der Waals surface area (Å²) in [5.41, 5.74) is 5.01. The van der Waals surface area contributed by atoms with Gasteiger partial charge in [0, 0.05) is 12.6 Å². The van der Waals surface area contributed by atoms with Gasteiger partial charge in [0.2, 0.25) is 0 Å². The van der Waals surface area contributed by atoms with Crippen molar-refractivity contribution < 1.29 is 14.7 Å². The molecule has 0 radical (unpaired) electrons. The first kappa shape index (κ1) is 11.5. The third-order valence-corrected chi connectivity index (χ3v) is 2.63. The van der Waals surface area contributed by atoms with Gasteiger partial charge in [-0.15, -0.1) is 5.16 Å². The minimum atomic E-state index is -2.23. The predicted molar refractivity (Wildman–Crippen MR) is 46.8 cm³/mol. The molecule has 0 bridgehead atoms. The van der Waals surface area contributed by atoms with E-state index >= 15 is 0 Å². The van der Waals surface area contributed by atoms with E-state index in [9.17, 15) is 4.57 Å². The van der Waals surface area contributed by atoms with E-state index in [1.165, 1.54) is 6.21 Å². The first-order chi connectivity index (χ1) is 5.54. The maximum absolute atomic E-state index is 10.5. The van der Waals surface area contributed by atoms with Gasteiger partial charge in [-0.25, -0.2) is 0 Å². The van der Waals surface area contributed by atoms with Gasteiger partial charge in [-0.3, -0.25) is 0 Å². The van der Waals surface area contributed by atoms with Crippen molar-refractivity contribution in [2.45, 2.75) is 25.3 Å². The van der Waals surface area contributed by atoms with E-state index in [0.29, 0.717) is 12.8 Å². The molecule has 0 heterocycles. The smallest absolute Gasteiger partial charge is 0.411 e. The molecule has 12 heavy (non-hydrogen) atoms. The zero-order chi connectivity index (χ0) is 9.61. The molecule has 6 heteroatoms. The van der Waals surface area contributed by atoms with Crippen molar-refractivity contribution in [1.29, 1.82) is 0 Å². The second-order valence-corrected chi connectivity index (χ2v) is 3.75. The number of nitrogens with two attached hydrogens (primary N) is 1. The molecule has 0 rings (SSSR count). The van der Waals surface area contributed by atoms with Crippen LogP contribution in [0.25, 0.3) is 0 Å². The zero-order valence-corrected chi connectivity index (χ0v) is 7.87. The van der Waals surface area contributed by atoms with E-state index in [1.807, 2.05) is 6.92 Å². The van der Waals surface area contributed by atoms with Gasteiger partial charge in [-0.2, -0.15) is 4.89 Å². The summed E-state index contributed by atoms with van der Waals surface area (Å²) in [5.74, 6) is 0. The number of rotatable bonds is 5. The zero-order valence-electron chi connectivity index (χ0n) is 6.97. The molecule has 70 valence electrons. The third kappa shape index (κ3) is 4.38. The highest BCUT2D eigenvalue weighted by Crippen LogP contribution is 2.24. The molecular formula is C6H14N2O3P+. The summed E-state index contributed by atoms with van der Waals surface area (Å²) in [6.45, 7) is 1.82. The van der Waals surface area contributed by atoms with Crippen LogP contribution in [0.3, 0.4) is 0 Å². The van der Waals surface area contributed by atoms with Crippen LogP contribution < -0.4 is 5.73 Å². The van der Waals surface area contributed by atoms with Crippen LogP contribution in [-0.2, 0) is 4.57 Å². The van der Waals surface area contributed by atoms with Crippen LogP contribution in [0, 0.1) is 0 Å². The molecule has 0 fully saturated rings. The Balaban J connectivity index is 4.13. The van der Waals surface area contributed by atoms with Crippen LogP contribution in [0.5, 0.6) is 0 Å². The van der Waals surface area contributed by atoms with Gasteiger partial charge in [0.25, 0.3) is 0 Å². The van der Waals surface area contributed by atoms with Crippen LogP contribution in [0.15, 0.2) is 5.16 Å². The Bertz CT molecular complexity index is 186. The first-order valence-electron chi connectivity index (χ1n) is 3.62. The minimum Gasteiger partial charge on any atom is -0.411 e. The van der Waals surface area contributed by atoms with Gasteiger partial charge in [-0.05, 0) is 11.0 Å².